The van der Waals surface area contributed by atoms with Crippen molar-refractivity contribution in [3.8, 4) is 11.1 Å². The lowest BCUT2D eigenvalue weighted by Gasteiger charge is -2.29. The van der Waals surface area contributed by atoms with E-state index in [0.29, 0.717) is 5.84 Å². The molecule has 4 aromatic rings. The van der Waals surface area contributed by atoms with Crippen molar-refractivity contribution in [2.75, 3.05) is 26.3 Å². The van der Waals surface area contributed by atoms with Crippen LogP contribution in [0, 0.1) is 0 Å². The van der Waals surface area contributed by atoms with Crippen LogP contribution in [0.25, 0.3) is 29.4 Å². The molecule has 0 atom stereocenters. The zero-order valence-electron chi connectivity index (χ0n) is 25.4. The number of fused-ring (bicyclic) bond motifs is 1. The Kier molecular flexibility index (Phi) is 9.84. The van der Waals surface area contributed by atoms with E-state index in [1.54, 1.807) is 18.2 Å². The van der Waals surface area contributed by atoms with Crippen molar-refractivity contribution in [3.05, 3.63) is 131 Å². The lowest BCUT2D eigenvalue weighted by molar-refractivity contribution is -0.135. The Morgan fingerprint density at radius 3 is 1.48 bits per heavy atom. The Morgan fingerprint density at radius 2 is 1.00 bits per heavy atom. The van der Waals surface area contributed by atoms with Gasteiger partial charge in [-0.15, -0.1) is 5.43 Å². The maximum Gasteiger partial charge on any atom is 0.330 e. The molecule has 229 valence electrons. The summed E-state index contributed by atoms with van der Waals surface area (Å²) in [5.74, 6) is -0.765. The molecule has 1 heterocycles. The van der Waals surface area contributed by atoms with E-state index in [2.05, 4.69) is 9.47 Å². The van der Waals surface area contributed by atoms with Crippen molar-refractivity contribution in [2.24, 2.45) is 4.99 Å². The predicted octanol–water partition coefficient (Wildman–Crippen LogP) is 6.66. The first-order chi connectivity index (χ1) is 22.4. The third-order valence-electron chi connectivity index (χ3n) is 7.01. The van der Waals surface area contributed by atoms with Crippen LogP contribution in [-0.2, 0) is 28.6 Å². The standard InChI is InChI=1S/C37H30N3O6/c1-44-34(41)21-10-25-4-13-28(14-5-25)30-17-20-32-33(24-30)40(31-18-8-27(9-19-31)12-23-36(43)46-3)39-37(38-32)29-15-6-26(7-16-29)11-22-35(42)45-2/h4-24H,1-3H3/b21-10+,22-11+,23-12+. The van der Waals surface area contributed by atoms with Gasteiger partial charge in [-0.1, -0.05) is 66.7 Å². The zero-order valence-corrected chi connectivity index (χ0v) is 25.4. The molecule has 0 N–H and O–H groups in total. The van der Waals surface area contributed by atoms with Gasteiger partial charge in [-0.3, -0.25) is 0 Å². The van der Waals surface area contributed by atoms with E-state index in [1.165, 1.54) is 39.6 Å². The van der Waals surface area contributed by atoms with Gasteiger partial charge in [0, 0.05) is 23.8 Å². The van der Waals surface area contributed by atoms with E-state index in [0.717, 1.165) is 50.4 Å². The van der Waals surface area contributed by atoms with E-state index in [4.69, 9.17) is 15.2 Å². The lowest BCUT2D eigenvalue weighted by atomic mass is 10.0. The number of aliphatic imine (C=N–C) groups is 1. The summed E-state index contributed by atoms with van der Waals surface area (Å²) in [6.07, 6.45) is 9.17. The van der Waals surface area contributed by atoms with Gasteiger partial charge in [0.05, 0.1) is 38.4 Å². The second kappa shape index (κ2) is 14.5. The first kappa shape index (κ1) is 31.2. The minimum Gasteiger partial charge on any atom is -0.466 e. The Bertz CT molecular complexity index is 1860. The van der Waals surface area contributed by atoms with E-state index < -0.39 is 17.9 Å². The number of esters is 3. The van der Waals surface area contributed by atoms with Gasteiger partial charge in [-0.25, -0.2) is 24.4 Å². The number of hydrogen-bond donors (Lipinski definition) is 0. The van der Waals surface area contributed by atoms with Crippen LogP contribution in [0.2, 0.25) is 0 Å². The topological polar surface area (TPSA) is 109 Å². The number of rotatable bonds is 9. The van der Waals surface area contributed by atoms with Gasteiger partial charge < -0.3 is 14.2 Å². The minimum absolute atomic E-state index is 0.415. The highest BCUT2D eigenvalue weighted by Gasteiger charge is 2.24. The van der Waals surface area contributed by atoms with Crippen molar-refractivity contribution >= 4 is 59.0 Å². The number of nitrogens with zero attached hydrogens (tertiary/aromatic N) is 3. The molecule has 0 saturated heterocycles. The van der Waals surface area contributed by atoms with Crippen LogP contribution in [0.15, 0.2) is 114 Å². The van der Waals surface area contributed by atoms with Crippen molar-refractivity contribution in [2.45, 2.75) is 0 Å². The third kappa shape index (κ3) is 7.64. The molecule has 1 aliphatic rings. The fourth-order valence-corrected chi connectivity index (χ4v) is 4.52. The van der Waals surface area contributed by atoms with Crippen LogP contribution in [0.5, 0.6) is 0 Å². The summed E-state index contributed by atoms with van der Waals surface area (Å²) in [7, 11) is 4.01. The fourth-order valence-electron chi connectivity index (χ4n) is 4.52. The first-order valence-electron chi connectivity index (χ1n) is 14.2. The number of ether oxygens (including phenoxy) is 3. The molecule has 0 unspecified atom stereocenters. The average Bonchev–Trinajstić information content (AvgIpc) is 3.11. The summed E-state index contributed by atoms with van der Waals surface area (Å²) in [5.41, 5.74) is 12.5. The SMILES string of the molecule is COC(=O)/C=C/c1ccc(C2=Nc3ccc(-c4ccc(/C=C/C(=O)OC)cc4)cc3N(c3ccc(/C=C/C(=O)OC)cc3)[N]2)cc1. The van der Waals surface area contributed by atoms with Crippen molar-refractivity contribution in [1.82, 2.24) is 5.43 Å². The maximum atomic E-state index is 11.6. The van der Waals surface area contributed by atoms with Crippen molar-refractivity contribution < 1.29 is 28.6 Å². The molecule has 0 fully saturated rings. The number of anilines is 2. The molecule has 0 amide bonds. The van der Waals surface area contributed by atoms with Gasteiger partial charge in [0.1, 0.15) is 0 Å². The Hall–Kier alpha value is -6.22. The van der Waals surface area contributed by atoms with E-state index in [1.807, 2.05) is 96.0 Å². The van der Waals surface area contributed by atoms with Gasteiger partial charge in [-0.2, -0.15) is 0 Å². The van der Waals surface area contributed by atoms with Gasteiger partial charge in [0.15, 0.2) is 5.84 Å². The fraction of sp³-hybridized carbons (Fsp3) is 0.0811. The van der Waals surface area contributed by atoms with Crippen LogP contribution in [0.3, 0.4) is 0 Å². The summed E-state index contributed by atoms with van der Waals surface area (Å²) in [4.78, 5) is 39.4. The molecule has 9 heteroatoms. The molecular formula is C37H30N3O6. The molecule has 5 rings (SSSR count). The molecular weight excluding hydrogens is 582 g/mol. The summed E-state index contributed by atoms with van der Waals surface area (Å²) in [6, 6.07) is 29.0. The number of benzene rings is 4. The highest BCUT2D eigenvalue weighted by atomic mass is 16.5. The molecule has 0 saturated carbocycles. The molecule has 4 aromatic carbocycles. The summed E-state index contributed by atoms with van der Waals surface area (Å²) in [6.45, 7) is 0. The quantitative estimate of drug-likeness (QED) is 0.118. The Morgan fingerprint density at radius 1 is 0.565 bits per heavy atom. The van der Waals surface area contributed by atoms with Gasteiger partial charge in [-0.05, 0) is 70.3 Å². The summed E-state index contributed by atoms with van der Waals surface area (Å²) < 4.78 is 14.0. The number of carbonyl (C=O) groups excluding carboxylic acids is 3. The second-order valence-electron chi connectivity index (χ2n) is 9.96. The second-order valence-corrected chi connectivity index (χ2v) is 9.96. The maximum absolute atomic E-state index is 11.6. The zero-order chi connectivity index (χ0) is 32.5. The van der Waals surface area contributed by atoms with E-state index >= 15 is 0 Å². The molecule has 0 spiro atoms. The van der Waals surface area contributed by atoms with Gasteiger partial charge in [0.25, 0.3) is 0 Å². The van der Waals surface area contributed by atoms with Crippen LogP contribution < -0.4 is 10.4 Å². The smallest absolute Gasteiger partial charge is 0.330 e. The van der Waals surface area contributed by atoms with Crippen LogP contribution in [0.1, 0.15) is 22.3 Å². The number of methoxy groups -OCH3 is 3. The average molecular weight is 613 g/mol. The molecule has 0 aliphatic carbocycles. The normalized spacial score (nSPS) is 12.5. The Balaban J connectivity index is 1.49. The predicted molar refractivity (Wildman–Crippen MR) is 178 cm³/mol. The first-order valence-corrected chi connectivity index (χ1v) is 14.2. The van der Waals surface area contributed by atoms with E-state index in [9.17, 15) is 14.4 Å². The van der Waals surface area contributed by atoms with E-state index in [-0.39, 0.29) is 0 Å². The molecule has 1 radical (unpaired) electrons. The highest BCUT2D eigenvalue weighted by Crippen LogP contribution is 2.40. The third-order valence-corrected chi connectivity index (χ3v) is 7.01. The van der Waals surface area contributed by atoms with Crippen molar-refractivity contribution in [3.63, 3.8) is 0 Å². The lowest BCUT2D eigenvalue weighted by Crippen LogP contribution is -2.35. The van der Waals surface area contributed by atoms with Crippen molar-refractivity contribution in [1.29, 1.82) is 0 Å². The highest BCUT2D eigenvalue weighted by molar-refractivity contribution is 6.05. The molecule has 1 aliphatic heterocycles. The van der Waals surface area contributed by atoms with Gasteiger partial charge in [0.2, 0.25) is 0 Å². The van der Waals surface area contributed by atoms with Crippen LogP contribution >= 0.6 is 0 Å². The number of carbonyl (C=O) groups is 3. The van der Waals surface area contributed by atoms with Crippen LogP contribution in [-0.4, -0.2) is 45.1 Å². The number of amidine groups is 1. The largest absolute Gasteiger partial charge is 0.466 e. The van der Waals surface area contributed by atoms with Crippen LogP contribution in [0.4, 0.5) is 17.1 Å². The minimum atomic E-state index is -0.434. The Labute approximate surface area is 266 Å². The molecule has 0 aromatic heterocycles. The molecule has 0 bridgehead atoms. The molecule has 9 nitrogen and oxygen atoms in total. The van der Waals surface area contributed by atoms with Gasteiger partial charge >= 0.3 is 17.9 Å². The summed E-state index contributed by atoms with van der Waals surface area (Å²) >= 11 is 0. The summed E-state index contributed by atoms with van der Waals surface area (Å²) in [5, 5.41) is 1.84. The molecule has 46 heavy (non-hydrogen) atoms. The number of hydrogen-bond acceptors (Lipinski definition) is 8. The monoisotopic (exact) mass is 612 g/mol.